The van der Waals surface area contributed by atoms with Crippen molar-refractivity contribution in [3.63, 3.8) is 0 Å². The van der Waals surface area contributed by atoms with Crippen molar-refractivity contribution in [2.45, 2.75) is 30.1 Å². The van der Waals surface area contributed by atoms with Crippen LogP contribution in [0.1, 0.15) is 0 Å². The molecule has 0 aromatic rings. The van der Waals surface area contributed by atoms with E-state index >= 15 is 0 Å². The molecule has 0 rings (SSSR count). The van der Waals surface area contributed by atoms with E-state index in [1.54, 1.807) is 0 Å². The zero-order valence-electron chi connectivity index (χ0n) is 8.85. The van der Waals surface area contributed by atoms with Gasteiger partial charge in [0.15, 0.2) is 0 Å². The second-order valence-electron chi connectivity index (χ2n) is 3.38. The maximum Gasteiger partial charge on any atom is 0.456 e. The van der Waals surface area contributed by atoms with E-state index in [1.807, 2.05) is 0 Å². The highest BCUT2D eigenvalue weighted by Crippen LogP contribution is 2.50. The van der Waals surface area contributed by atoms with Crippen LogP contribution in [0.2, 0.25) is 0 Å². The second kappa shape index (κ2) is 4.76. The fourth-order valence-electron chi connectivity index (χ4n) is 0.916. The topological polar surface area (TPSA) is 34.1 Å². The summed E-state index contributed by atoms with van der Waals surface area (Å²) >= 11 is 0. The van der Waals surface area contributed by atoms with Gasteiger partial charge in [-0.25, -0.2) is 4.39 Å². The molecule has 0 aliphatic rings. The van der Waals surface area contributed by atoms with E-state index < -0.39 is 41.7 Å². The highest BCUT2D eigenvalue weighted by atomic mass is 19.4. The number of ketones is 2. The van der Waals surface area contributed by atoms with Crippen LogP contribution in [-0.4, -0.2) is 41.7 Å². The molecule has 0 spiro atoms. The molecule has 0 aromatic heterocycles. The predicted octanol–water partition coefficient (Wildman–Crippen LogP) is 3.16. The Balaban J connectivity index is 6.14. The molecular weight excluding hydrogens is 344 g/mol. The molecule has 21 heavy (non-hydrogen) atoms. The number of alkyl halides is 12. The second-order valence-corrected chi connectivity index (χ2v) is 3.38. The van der Waals surface area contributed by atoms with Crippen molar-refractivity contribution in [3.05, 3.63) is 0 Å². The molecule has 0 amide bonds. The van der Waals surface area contributed by atoms with Crippen LogP contribution >= 0.6 is 0 Å². The van der Waals surface area contributed by atoms with Crippen LogP contribution in [0.25, 0.3) is 0 Å². The first-order valence-electron chi connectivity index (χ1n) is 4.18. The molecule has 0 unspecified atom stereocenters. The van der Waals surface area contributed by atoms with Crippen LogP contribution in [0, 0.1) is 0 Å². The molecule has 0 bridgehead atoms. The number of rotatable bonds is 3. The normalized spacial score (nSPS) is 15.0. The number of halogens is 12. The van der Waals surface area contributed by atoms with Crippen LogP contribution in [0.3, 0.4) is 0 Å². The molecule has 0 aliphatic heterocycles. The summed E-state index contributed by atoms with van der Waals surface area (Å²) in [4.78, 5) is 20.4. The van der Waals surface area contributed by atoms with Gasteiger partial charge in [0.1, 0.15) is 0 Å². The minimum atomic E-state index is -7.36. The smallest absolute Gasteiger partial charge is 0.288 e. The lowest BCUT2D eigenvalue weighted by atomic mass is 9.92. The van der Waals surface area contributed by atoms with Gasteiger partial charge in [0.25, 0.3) is 5.78 Å². The predicted molar refractivity (Wildman–Crippen MR) is 37.0 cm³/mol. The van der Waals surface area contributed by atoms with Crippen molar-refractivity contribution in [2.24, 2.45) is 0 Å². The van der Waals surface area contributed by atoms with Gasteiger partial charge in [-0.05, 0) is 0 Å². The van der Waals surface area contributed by atoms with Crippen LogP contribution in [0.15, 0.2) is 0 Å². The fraction of sp³-hybridized carbons (Fsp3) is 0.714. The minimum Gasteiger partial charge on any atom is -0.288 e. The number of carbonyl (C=O) groups is 2. The summed E-state index contributed by atoms with van der Waals surface area (Å²) in [7, 11) is 0. The first kappa shape index (κ1) is 19.5. The van der Waals surface area contributed by atoms with Crippen molar-refractivity contribution in [3.8, 4) is 0 Å². The van der Waals surface area contributed by atoms with Gasteiger partial charge in [-0.2, -0.15) is 48.3 Å². The largest absolute Gasteiger partial charge is 0.456 e. The Kier molecular flexibility index (Phi) is 4.42. The molecule has 0 radical (unpaired) electrons. The van der Waals surface area contributed by atoms with Crippen molar-refractivity contribution in [1.82, 2.24) is 0 Å². The summed E-state index contributed by atoms with van der Waals surface area (Å²) < 4.78 is 144. The molecule has 0 aromatic carbocycles. The van der Waals surface area contributed by atoms with Crippen LogP contribution in [0.4, 0.5) is 52.7 Å². The van der Waals surface area contributed by atoms with E-state index in [1.165, 1.54) is 0 Å². The Morgan fingerprint density at radius 3 is 1.00 bits per heavy atom. The molecule has 124 valence electrons. The van der Waals surface area contributed by atoms with Crippen LogP contribution < -0.4 is 0 Å². The average molecular weight is 344 g/mol. The maximum atomic E-state index is 12.8. The summed E-state index contributed by atoms with van der Waals surface area (Å²) in [5, 5.41) is 0. The SMILES string of the molecule is O=C(C(F)(F)F)C(F)(F)C(=O)C(F)(C(F)(F)F)C(F)(F)F. The number of carbonyl (C=O) groups excluding carboxylic acids is 2. The Morgan fingerprint density at radius 1 is 0.524 bits per heavy atom. The molecule has 2 nitrogen and oxygen atoms in total. The summed E-state index contributed by atoms with van der Waals surface area (Å²) in [5.41, 5.74) is -7.34. The molecular formula is C7F12O2. The van der Waals surface area contributed by atoms with Gasteiger partial charge < -0.3 is 0 Å². The quantitative estimate of drug-likeness (QED) is 0.582. The van der Waals surface area contributed by atoms with Gasteiger partial charge in [-0.1, -0.05) is 0 Å². The molecule has 14 heteroatoms. The van der Waals surface area contributed by atoms with Crippen LogP contribution in [-0.2, 0) is 9.59 Å². The summed E-state index contributed by atoms with van der Waals surface area (Å²) in [6.45, 7) is 0. The Labute approximate surface area is 105 Å². The number of hydrogen-bond acceptors (Lipinski definition) is 2. The van der Waals surface area contributed by atoms with E-state index in [4.69, 9.17) is 0 Å². The van der Waals surface area contributed by atoms with Gasteiger partial charge >= 0.3 is 35.9 Å². The monoisotopic (exact) mass is 344 g/mol. The summed E-state index contributed by atoms with van der Waals surface area (Å²) in [6, 6.07) is 0. The summed E-state index contributed by atoms with van der Waals surface area (Å²) in [6.07, 6.45) is -21.4. The lowest BCUT2D eigenvalue weighted by Gasteiger charge is -2.30. The van der Waals surface area contributed by atoms with E-state index in [2.05, 4.69) is 0 Å². The molecule has 0 saturated carbocycles. The van der Waals surface area contributed by atoms with Gasteiger partial charge in [-0.3, -0.25) is 9.59 Å². The number of Topliss-reactive ketones (excluding diaryl/α,β-unsaturated/α-hetero) is 2. The van der Waals surface area contributed by atoms with E-state index in [0.29, 0.717) is 0 Å². The standard InChI is InChI=1S/C7F12O2/c8-3(9,2(21)5(11,12)13)1(20)4(10,6(14,15)16)7(17,18)19. The number of hydrogen-bond donors (Lipinski definition) is 0. The van der Waals surface area contributed by atoms with Crippen molar-refractivity contribution < 1.29 is 62.3 Å². The zero-order valence-corrected chi connectivity index (χ0v) is 8.85. The van der Waals surface area contributed by atoms with Gasteiger partial charge in [0.2, 0.25) is 0 Å². The molecule has 0 atom stereocenters. The van der Waals surface area contributed by atoms with E-state index in [0.717, 1.165) is 0 Å². The highest BCUT2D eigenvalue weighted by Gasteiger charge is 2.82. The van der Waals surface area contributed by atoms with E-state index in [-0.39, 0.29) is 0 Å². The maximum absolute atomic E-state index is 12.8. The molecule has 0 fully saturated rings. The molecule has 0 saturated heterocycles. The van der Waals surface area contributed by atoms with Crippen LogP contribution in [0.5, 0.6) is 0 Å². The van der Waals surface area contributed by atoms with Crippen molar-refractivity contribution in [2.75, 3.05) is 0 Å². The van der Waals surface area contributed by atoms with Crippen molar-refractivity contribution >= 4 is 11.6 Å². The fourth-order valence-corrected chi connectivity index (χ4v) is 0.916. The van der Waals surface area contributed by atoms with Gasteiger partial charge in [0.05, 0.1) is 0 Å². The minimum absolute atomic E-state index is 4.56. The average Bonchev–Trinajstić information content (AvgIpc) is 2.21. The summed E-state index contributed by atoms with van der Waals surface area (Å²) in [5.74, 6) is -16.4. The molecule has 0 heterocycles. The first-order chi connectivity index (χ1) is 8.81. The third-order valence-electron chi connectivity index (χ3n) is 1.92. The van der Waals surface area contributed by atoms with Gasteiger partial charge in [-0.15, -0.1) is 0 Å². The first-order valence-corrected chi connectivity index (χ1v) is 4.18. The third-order valence-corrected chi connectivity index (χ3v) is 1.92. The van der Waals surface area contributed by atoms with E-state index in [9.17, 15) is 62.3 Å². The zero-order chi connectivity index (χ0) is 17.7. The molecule has 0 N–H and O–H groups in total. The third kappa shape index (κ3) is 3.07. The Hall–Kier alpha value is -1.50. The lowest BCUT2D eigenvalue weighted by Crippen LogP contribution is -2.65. The Bertz CT molecular complexity index is 424. The Morgan fingerprint density at radius 2 is 0.810 bits per heavy atom. The van der Waals surface area contributed by atoms with Gasteiger partial charge in [0, 0.05) is 0 Å². The lowest BCUT2D eigenvalue weighted by molar-refractivity contribution is -0.330. The van der Waals surface area contributed by atoms with Crippen molar-refractivity contribution in [1.29, 1.82) is 0 Å². The molecule has 0 aliphatic carbocycles. The highest BCUT2D eigenvalue weighted by molar-refractivity contribution is 6.14.